The Morgan fingerprint density at radius 3 is 2.45 bits per heavy atom. The van der Waals surface area contributed by atoms with Gasteiger partial charge in [0.2, 0.25) is 0 Å². The SMILES string of the molecule is NC1(C(F)(F)F)NCC=CO1. The minimum absolute atomic E-state index is 0.0516. The van der Waals surface area contributed by atoms with Crippen molar-refractivity contribution in [1.82, 2.24) is 5.32 Å². The molecule has 1 aliphatic heterocycles. The van der Waals surface area contributed by atoms with E-state index >= 15 is 0 Å². The lowest BCUT2D eigenvalue weighted by Gasteiger charge is -2.33. The van der Waals surface area contributed by atoms with E-state index in [1.807, 2.05) is 5.32 Å². The van der Waals surface area contributed by atoms with E-state index in [1.54, 1.807) is 0 Å². The van der Waals surface area contributed by atoms with Gasteiger partial charge in [-0.25, -0.2) is 0 Å². The zero-order chi connectivity index (χ0) is 8.54. The zero-order valence-electron chi connectivity index (χ0n) is 5.48. The molecular weight excluding hydrogens is 161 g/mol. The van der Waals surface area contributed by atoms with E-state index in [1.165, 1.54) is 6.08 Å². The molecule has 6 heteroatoms. The van der Waals surface area contributed by atoms with Gasteiger partial charge < -0.3 is 4.74 Å². The molecule has 0 saturated heterocycles. The predicted octanol–water partition coefficient (Wildman–Crippen LogP) is 0.295. The fourth-order valence-electron chi connectivity index (χ4n) is 0.623. The lowest BCUT2D eigenvalue weighted by Crippen LogP contribution is -2.66. The summed E-state index contributed by atoms with van der Waals surface area (Å²) >= 11 is 0. The van der Waals surface area contributed by atoms with Gasteiger partial charge in [-0.1, -0.05) is 0 Å². The Kier molecular flexibility index (Phi) is 1.81. The summed E-state index contributed by atoms with van der Waals surface area (Å²) in [6, 6.07) is 0. The second-order valence-electron chi connectivity index (χ2n) is 2.10. The van der Waals surface area contributed by atoms with E-state index in [-0.39, 0.29) is 6.54 Å². The molecule has 11 heavy (non-hydrogen) atoms. The van der Waals surface area contributed by atoms with Gasteiger partial charge in [-0.3, -0.25) is 11.1 Å². The molecule has 1 aliphatic rings. The highest BCUT2D eigenvalue weighted by Crippen LogP contribution is 2.28. The van der Waals surface area contributed by atoms with Gasteiger partial charge in [0.1, 0.15) is 0 Å². The summed E-state index contributed by atoms with van der Waals surface area (Å²) in [6.07, 6.45) is -2.27. The van der Waals surface area contributed by atoms with Crippen LogP contribution in [0, 0.1) is 0 Å². The second-order valence-corrected chi connectivity index (χ2v) is 2.10. The zero-order valence-corrected chi connectivity index (χ0v) is 5.48. The maximum atomic E-state index is 12.0. The minimum Gasteiger partial charge on any atom is -0.459 e. The Hall–Kier alpha value is -0.750. The number of ether oxygens (including phenoxy) is 1. The smallest absolute Gasteiger partial charge is 0.458 e. The Balaban J connectivity index is 2.74. The standard InChI is InChI=1S/C5H7F3N2O/c6-4(7,8)5(9)10-2-1-3-11-5/h1,3,10H,2,9H2. The molecule has 1 unspecified atom stereocenters. The molecule has 0 saturated carbocycles. The third kappa shape index (κ3) is 1.46. The summed E-state index contributed by atoms with van der Waals surface area (Å²) in [5, 5.41) is 1.98. The maximum absolute atomic E-state index is 12.0. The van der Waals surface area contributed by atoms with Crippen LogP contribution in [-0.4, -0.2) is 18.6 Å². The van der Waals surface area contributed by atoms with E-state index in [0.29, 0.717) is 0 Å². The molecule has 0 bridgehead atoms. The summed E-state index contributed by atoms with van der Waals surface area (Å²) in [7, 11) is 0. The van der Waals surface area contributed by atoms with Gasteiger partial charge in [0.15, 0.2) is 0 Å². The number of hydrogen-bond donors (Lipinski definition) is 2. The predicted molar refractivity (Wildman–Crippen MR) is 31.2 cm³/mol. The molecular formula is C5H7F3N2O. The van der Waals surface area contributed by atoms with E-state index in [9.17, 15) is 13.2 Å². The van der Waals surface area contributed by atoms with Gasteiger partial charge in [-0.05, 0) is 6.08 Å². The molecule has 0 aromatic heterocycles. The second kappa shape index (κ2) is 2.38. The quantitative estimate of drug-likeness (QED) is 0.546. The van der Waals surface area contributed by atoms with Crippen molar-refractivity contribution in [3.63, 3.8) is 0 Å². The van der Waals surface area contributed by atoms with Crippen molar-refractivity contribution in [2.24, 2.45) is 5.73 Å². The molecule has 0 spiro atoms. The average molecular weight is 168 g/mol. The first-order valence-electron chi connectivity index (χ1n) is 2.89. The fraction of sp³-hybridized carbons (Fsp3) is 0.600. The highest BCUT2D eigenvalue weighted by Gasteiger charge is 2.54. The topological polar surface area (TPSA) is 47.3 Å². The largest absolute Gasteiger partial charge is 0.459 e. The Morgan fingerprint density at radius 1 is 1.55 bits per heavy atom. The van der Waals surface area contributed by atoms with Gasteiger partial charge in [0.25, 0.3) is 0 Å². The Bertz CT molecular complexity index is 179. The molecule has 0 radical (unpaired) electrons. The van der Waals surface area contributed by atoms with Crippen molar-refractivity contribution in [2.75, 3.05) is 6.54 Å². The molecule has 1 heterocycles. The summed E-state index contributed by atoms with van der Waals surface area (Å²) in [5.74, 6) is -2.72. The number of hydrogen-bond acceptors (Lipinski definition) is 3. The van der Waals surface area contributed by atoms with Gasteiger partial charge in [0.05, 0.1) is 6.26 Å². The van der Waals surface area contributed by atoms with Crippen LogP contribution in [0.25, 0.3) is 0 Å². The van der Waals surface area contributed by atoms with Crippen molar-refractivity contribution in [1.29, 1.82) is 0 Å². The number of nitrogens with one attached hydrogen (secondary N) is 1. The van der Waals surface area contributed by atoms with Gasteiger partial charge >= 0.3 is 12.0 Å². The maximum Gasteiger partial charge on any atom is 0.458 e. The third-order valence-electron chi connectivity index (χ3n) is 1.25. The van der Waals surface area contributed by atoms with Gasteiger partial charge in [0, 0.05) is 6.54 Å². The molecule has 64 valence electrons. The first kappa shape index (κ1) is 8.35. The molecule has 1 rings (SSSR count). The summed E-state index contributed by atoms with van der Waals surface area (Å²) < 4.78 is 40.1. The molecule has 3 nitrogen and oxygen atoms in total. The van der Waals surface area contributed by atoms with Crippen LogP contribution in [0.5, 0.6) is 0 Å². The van der Waals surface area contributed by atoms with E-state index in [0.717, 1.165) is 6.26 Å². The number of alkyl halides is 3. The van der Waals surface area contributed by atoms with E-state index < -0.39 is 12.0 Å². The fourth-order valence-corrected chi connectivity index (χ4v) is 0.623. The lowest BCUT2D eigenvalue weighted by molar-refractivity contribution is -0.274. The number of halogens is 3. The Morgan fingerprint density at radius 2 is 2.18 bits per heavy atom. The van der Waals surface area contributed by atoms with Crippen molar-refractivity contribution < 1.29 is 17.9 Å². The highest BCUT2D eigenvalue weighted by atomic mass is 19.4. The molecule has 0 aromatic carbocycles. The van der Waals surface area contributed by atoms with Crippen LogP contribution >= 0.6 is 0 Å². The average Bonchev–Trinajstić information content (AvgIpc) is 1.87. The third-order valence-corrected chi connectivity index (χ3v) is 1.25. The summed E-state index contributed by atoms with van der Waals surface area (Å²) in [6.45, 7) is 0.0516. The van der Waals surface area contributed by atoms with Crippen molar-refractivity contribution in [3.8, 4) is 0 Å². The van der Waals surface area contributed by atoms with Crippen LogP contribution in [0.15, 0.2) is 12.3 Å². The molecule has 0 aliphatic carbocycles. The number of rotatable bonds is 0. The van der Waals surface area contributed by atoms with Crippen molar-refractivity contribution >= 4 is 0 Å². The first-order valence-corrected chi connectivity index (χ1v) is 2.89. The first-order chi connectivity index (χ1) is 4.96. The molecule has 0 amide bonds. The van der Waals surface area contributed by atoms with Crippen molar-refractivity contribution in [2.45, 2.75) is 12.0 Å². The van der Waals surface area contributed by atoms with Crippen LogP contribution in [0.2, 0.25) is 0 Å². The van der Waals surface area contributed by atoms with Gasteiger partial charge in [-0.2, -0.15) is 13.2 Å². The number of nitrogens with two attached hydrogens (primary N) is 1. The van der Waals surface area contributed by atoms with Crippen LogP contribution < -0.4 is 11.1 Å². The minimum atomic E-state index is -4.60. The van der Waals surface area contributed by atoms with E-state index in [4.69, 9.17) is 5.73 Å². The van der Waals surface area contributed by atoms with E-state index in [2.05, 4.69) is 4.74 Å². The Labute approximate surface area is 61.0 Å². The normalized spacial score (nSPS) is 31.6. The molecule has 3 N–H and O–H groups in total. The summed E-state index contributed by atoms with van der Waals surface area (Å²) in [5.41, 5.74) is 4.83. The molecule has 0 fully saturated rings. The monoisotopic (exact) mass is 168 g/mol. The van der Waals surface area contributed by atoms with Crippen LogP contribution in [0.4, 0.5) is 13.2 Å². The van der Waals surface area contributed by atoms with Crippen LogP contribution in [0.3, 0.4) is 0 Å². The summed E-state index contributed by atoms with van der Waals surface area (Å²) in [4.78, 5) is 0. The highest BCUT2D eigenvalue weighted by molar-refractivity contribution is 4.92. The molecule has 0 aromatic rings. The molecule has 1 atom stereocenters. The van der Waals surface area contributed by atoms with Crippen LogP contribution in [-0.2, 0) is 4.74 Å². The van der Waals surface area contributed by atoms with Gasteiger partial charge in [-0.15, -0.1) is 0 Å². The lowest BCUT2D eigenvalue weighted by atomic mass is 10.3. The van der Waals surface area contributed by atoms with Crippen molar-refractivity contribution in [3.05, 3.63) is 12.3 Å². The van der Waals surface area contributed by atoms with Crippen LogP contribution in [0.1, 0.15) is 0 Å².